The lowest BCUT2D eigenvalue weighted by Gasteiger charge is -2.54. The lowest BCUT2D eigenvalue weighted by Crippen LogP contribution is -2.44. The first kappa shape index (κ1) is 12.0. The highest BCUT2D eigenvalue weighted by Crippen LogP contribution is 2.60. The minimum Gasteiger partial charge on any atom is -0.288 e. The summed E-state index contributed by atoms with van der Waals surface area (Å²) in [5, 5.41) is 2.47. The standard InChI is InChI=1S/C18H19NO2/c20-17-14-3-1-2-13(16(14)18(21)19-17)15-11-5-9-4-10(7-11)8-12(15)6-9/h1-3,9-12,15H,4-8H2,(H,19,20,21). The van der Waals surface area contributed by atoms with Crippen LogP contribution in [-0.2, 0) is 0 Å². The van der Waals surface area contributed by atoms with Crippen LogP contribution >= 0.6 is 0 Å². The zero-order chi connectivity index (χ0) is 14.1. The van der Waals surface area contributed by atoms with Crippen molar-refractivity contribution in [3.8, 4) is 0 Å². The minimum absolute atomic E-state index is 0.181. The topological polar surface area (TPSA) is 46.2 Å². The lowest BCUT2D eigenvalue weighted by atomic mass is 9.50. The van der Waals surface area contributed by atoms with E-state index in [0.29, 0.717) is 17.0 Å². The molecule has 0 atom stereocenters. The Morgan fingerprint density at radius 1 is 0.857 bits per heavy atom. The number of fused-ring (bicyclic) bond motifs is 1. The van der Waals surface area contributed by atoms with Crippen molar-refractivity contribution >= 4 is 11.8 Å². The number of rotatable bonds is 1. The minimum atomic E-state index is -0.222. The van der Waals surface area contributed by atoms with Crippen molar-refractivity contribution in [2.24, 2.45) is 23.7 Å². The number of hydrogen-bond donors (Lipinski definition) is 1. The van der Waals surface area contributed by atoms with Crippen molar-refractivity contribution < 1.29 is 9.59 Å². The molecule has 1 N–H and O–H groups in total. The quantitative estimate of drug-likeness (QED) is 0.804. The summed E-state index contributed by atoms with van der Waals surface area (Å²) in [4.78, 5) is 24.1. The molecule has 1 aliphatic heterocycles. The molecule has 4 saturated carbocycles. The largest absolute Gasteiger partial charge is 0.288 e. The maximum Gasteiger partial charge on any atom is 0.259 e. The summed E-state index contributed by atoms with van der Waals surface area (Å²) in [6.45, 7) is 0. The van der Waals surface area contributed by atoms with E-state index >= 15 is 0 Å². The Bertz CT molecular complexity index is 635. The summed E-state index contributed by atoms with van der Waals surface area (Å²) in [6, 6.07) is 5.84. The van der Waals surface area contributed by atoms with E-state index in [1.807, 2.05) is 6.07 Å². The highest BCUT2D eigenvalue weighted by atomic mass is 16.2. The number of carbonyl (C=O) groups is 2. The number of benzene rings is 1. The van der Waals surface area contributed by atoms with E-state index in [4.69, 9.17) is 0 Å². The van der Waals surface area contributed by atoms with Crippen LogP contribution in [0.5, 0.6) is 0 Å². The lowest BCUT2D eigenvalue weighted by molar-refractivity contribution is -0.00297. The Morgan fingerprint density at radius 3 is 2.19 bits per heavy atom. The van der Waals surface area contributed by atoms with Crippen LogP contribution in [0.4, 0.5) is 0 Å². The number of nitrogens with one attached hydrogen (secondary N) is 1. The Balaban J connectivity index is 1.63. The van der Waals surface area contributed by atoms with Crippen molar-refractivity contribution in [1.82, 2.24) is 5.32 Å². The summed E-state index contributed by atoms with van der Waals surface area (Å²) >= 11 is 0. The second kappa shape index (κ2) is 3.96. The molecule has 0 spiro atoms. The Labute approximate surface area is 124 Å². The molecule has 0 aromatic heterocycles. The zero-order valence-electron chi connectivity index (χ0n) is 12.0. The van der Waals surface area contributed by atoms with Gasteiger partial charge in [0.2, 0.25) is 0 Å². The zero-order valence-corrected chi connectivity index (χ0v) is 12.0. The van der Waals surface area contributed by atoms with Gasteiger partial charge in [0.1, 0.15) is 0 Å². The molecule has 5 aliphatic rings. The molecule has 1 aromatic carbocycles. The van der Waals surface area contributed by atoms with Crippen LogP contribution in [0.1, 0.15) is 64.3 Å². The summed E-state index contributed by atoms with van der Waals surface area (Å²) in [5.74, 6) is 3.42. The monoisotopic (exact) mass is 281 g/mol. The van der Waals surface area contributed by atoms with Gasteiger partial charge in [-0.3, -0.25) is 14.9 Å². The van der Waals surface area contributed by atoms with Gasteiger partial charge in [0.15, 0.2) is 0 Å². The maximum absolute atomic E-state index is 12.2. The normalized spacial score (nSPS) is 39.5. The Morgan fingerprint density at radius 2 is 1.52 bits per heavy atom. The molecule has 2 amide bonds. The van der Waals surface area contributed by atoms with Crippen LogP contribution < -0.4 is 5.32 Å². The summed E-state index contributed by atoms with van der Waals surface area (Å²) in [5.41, 5.74) is 2.43. The second-order valence-corrected chi connectivity index (χ2v) is 7.51. The van der Waals surface area contributed by atoms with Crippen LogP contribution in [0.15, 0.2) is 18.2 Å². The van der Waals surface area contributed by atoms with Gasteiger partial charge in [0.05, 0.1) is 11.1 Å². The average molecular weight is 281 g/mol. The molecule has 0 radical (unpaired) electrons. The first-order chi connectivity index (χ1) is 10.2. The van der Waals surface area contributed by atoms with Crippen LogP contribution in [0.25, 0.3) is 0 Å². The average Bonchev–Trinajstić information content (AvgIpc) is 2.74. The number of hydrogen-bond acceptors (Lipinski definition) is 2. The van der Waals surface area contributed by atoms with Gasteiger partial charge in [-0.2, -0.15) is 0 Å². The van der Waals surface area contributed by atoms with E-state index in [0.717, 1.165) is 29.2 Å². The van der Waals surface area contributed by atoms with Gasteiger partial charge in [0, 0.05) is 0 Å². The van der Waals surface area contributed by atoms with Crippen molar-refractivity contribution in [2.45, 2.75) is 38.0 Å². The molecule has 6 rings (SSSR count). The summed E-state index contributed by atoms with van der Waals surface area (Å²) in [7, 11) is 0. The van der Waals surface area contributed by atoms with Crippen LogP contribution in [0.3, 0.4) is 0 Å². The molecule has 4 aliphatic carbocycles. The van der Waals surface area contributed by atoms with E-state index in [1.165, 1.54) is 32.1 Å². The van der Waals surface area contributed by atoms with Gasteiger partial charge < -0.3 is 0 Å². The smallest absolute Gasteiger partial charge is 0.259 e. The summed E-state index contributed by atoms with van der Waals surface area (Å²) in [6.07, 6.45) is 6.76. The third kappa shape index (κ3) is 1.55. The second-order valence-electron chi connectivity index (χ2n) is 7.51. The third-order valence-corrected chi connectivity index (χ3v) is 6.38. The van der Waals surface area contributed by atoms with Gasteiger partial charge in [0.25, 0.3) is 11.8 Å². The van der Waals surface area contributed by atoms with Crippen molar-refractivity contribution in [2.75, 3.05) is 0 Å². The third-order valence-electron chi connectivity index (χ3n) is 6.38. The van der Waals surface area contributed by atoms with Gasteiger partial charge in [-0.05, 0) is 73.3 Å². The highest BCUT2D eigenvalue weighted by Gasteiger charge is 2.49. The molecule has 21 heavy (non-hydrogen) atoms. The summed E-state index contributed by atoms with van der Waals surface area (Å²) < 4.78 is 0. The predicted octanol–water partition coefficient (Wildman–Crippen LogP) is 3.11. The van der Waals surface area contributed by atoms with Crippen molar-refractivity contribution in [1.29, 1.82) is 0 Å². The molecule has 0 unspecified atom stereocenters. The van der Waals surface area contributed by atoms with Gasteiger partial charge in [-0.25, -0.2) is 0 Å². The highest BCUT2D eigenvalue weighted by molar-refractivity contribution is 6.22. The number of imide groups is 1. The van der Waals surface area contributed by atoms with Gasteiger partial charge >= 0.3 is 0 Å². The van der Waals surface area contributed by atoms with Crippen LogP contribution in [0, 0.1) is 23.7 Å². The molecule has 1 heterocycles. The van der Waals surface area contributed by atoms with Gasteiger partial charge in [-0.1, -0.05) is 12.1 Å². The van der Waals surface area contributed by atoms with Gasteiger partial charge in [-0.15, -0.1) is 0 Å². The fourth-order valence-electron chi connectivity index (χ4n) is 5.96. The maximum atomic E-state index is 12.2. The fourth-order valence-corrected chi connectivity index (χ4v) is 5.96. The Kier molecular flexibility index (Phi) is 2.26. The van der Waals surface area contributed by atoms with E-state index in [1.54, 1.807) is 6.07 Å². The first-order valence-electron chi connectivity index (χ1n) is 8.19. The number of carbonyl (C=O) groups excluding carboxylic acids is 2. The van der Waals surface area contributed by atoms with E-state index < -0.39 is 0 Å². The predicted molar refractivity (Wildman–Crippen MR) is 78.0 cm³/mol. The van der Waals surface area contributed by atoms with Crippen LogP contribution in [0.2, 0.25) is 0 Å². The molecular formula is C18H19NO2. The van der Waals surface area contributed by atoms with Crippen molar-refractivity contribution in [3.05, 3.63) is 34.9 Å². The molecule has 3 nitrogen and oxygen atoms in total. The fraction of sp³-hybridized carbons (Fsp3) is 0.556. The molecule has 1 aromatic rings. The van der Waals surface area contributed by atoms with Crippen molar-refractivity contribution in [3.63, 3.8) is 0 Å². The van der Waals surface area contributed by atoms with E-state index in [2.05, 4.69) is 11.4 Å². The molecule has 0 saturated heterocycles. The molecule has 108 valence electrons. The number of amides is 2. The van der Waals surface area contributed by atoms with E-state index in [9.17, 15) is 9.59 Å². The molecule has 4 bridgehead atoms. The van der Waals surface area contributed by atoms with E-state index in [-0.39, 0.29) is 11.8 Å². The molecule has 4 fully saturated rings. The first-order valence-corrected chi connectivity index (χ1v) is 8.19. The molecule has 3 heteroatoms. The SMILES string of the molecule is O=C1NC(=O)c2c1cccc2C1C2CC3CC(C2)CC1C3. The Hall–Kier alpha value is -1.64. The van der Waals surface area contributed by atoms with Crippen LogP contribution in [-0.4, -0.2) is 11.8 Å². The molecular weight excluding hydrogens is 262 g/mol.